The molecule has 1 aliphatic heterocycles. The van der Waals surface area contributed by atoms with E-state index in [0.717, 1.165) is 44.8 Å². The van der Waals surface area contributed by atoms with Gasteiger partial charge >= 0.3 is 0 Å². The molecule has 0 saturated carbocycles. The van der Waals surface area contributed by atoms with E-state index in [4.69, 9.17) is 4.74 Å². The summed E-state index contributed by atoms with van der Waals surface area (Å²) in [6.45, 7) is 4.32. The zero-order chi connectivity index (χ0) is 18.5. The maximum Gasteiger partial charge on any atom is 0.262 e. The van der Waals surface area contributed by atoms with Gasteiger partial charge in [-0.05, 0) is 24.1 Å². The smallest absolute Gasteiger partial charge is 0.262 e. The van der Waals surface area contributed by atoms with Gasteiger partial charge in [-0.3, -0.25) is 9.69 Å². The Morgan fingerprint density at radius 1 is 1.15 bits per heavy atom. The molecule has 2 aromatic carbocycles. The second-order valence-corrected chi connectivity index (χ2v) is 6.14. The fraction of sp³-hybridized carbons (Fsp3) is 0.316. The summed E-state index contributed by atoms with van der Waals surface area (Å²) in [6.07, 6.45) is 0.877. The first-order chi connectivity index (χ1) is 12.5. The first kappa shape index (κ1) is 18.3. The molecule has 0 atom stereocenters. The predicted octanol–water partition coefficient (Wildman–Crippen LogP) is 2.80. The van der Waals surface area contributed by atoms with Crippen molar-refractivity contribution in [3.05, 3.63) is 59.2 Å². The van der Waals surface area contributed by atoms with E-state index in [1.165, 1.54) is 0 Å². The summed E-state index contributed by atoms with van der Waals surface area (Å²) in [7, 11) is 0. The molecule has 0 spiro atoms. The number of nitrogens with zero attached hydrogens (tertiary/aromatic N) is 1. The highest BCUT2D eigenvalue weighted by Gasteiger charge is 2.18. The average molecular weight is 362 g/mol. The van der Waals surface area contributed by atoms with Crippen molar-refractivity contribution in [1.82, 2.24) is 4.90 Å². The van der Waals surface area contributed by atoms with E-state index in [0.29, 0.717) is 17.8 Å². The number of hydrogen-bond donors (Lipinski definition) is 2. The number of rotatable bonds is 5. The molecular weight excluding hydrogens is 342 g/mol. The highest BCUT2D eigenvalue weighted by Crippen LogP contribution is 2.23. The average Bonchev–Trinajstić information content (AvgIpc) is 2.61. The molecule has 0 aromatic heterocycles. The normalized spacial score (nSPS) is 15.0. The minimum atomic E-state index is -1.11. The number of hydrogen-bond acceptors (Lipinski definition) is 4. The monoisotopic (exact) mass is 362 g/mol. The molecule has 2 N–H and O–H groups in total. The van der Waals surface area contributed by atoms with Gasteiger partial charge in [0.25, 0.3) is 5.91 Å². The third-order valence-corrected chi connectivity index (χ3v) is 4.29. The molecule has 5 nitrogen and oxygen atoms in total. The SMILES string of the molecule is O=C(Nc1ccc(CCN2CCOCC2)cc1)c1c(O)cc(F)cc1F. The summed E-state index contributed by atoms with van der Waals surface area (Å²) in [5.74, 6) is -3.62. The number of phenolic OH excluding ortho intramolecular Hbond substituents is 1. The second kappa shape index (κ2) is 8.25. The minimum Gasteiger partial charge on any atom is -0.507 e. The third kappa shape index (κ3) is 4.56. The maximum atomic E-state index is 13.7. The summed E-state index contributed by atoms with van der Waals surface area (Å²) in [5.41, 5.74) is 1.00. The summed E-state index contributed by atoms with van der Waals surface area (Å²) in [6, 6.07) is 8.46. The molecule has 3 rings (SSSR count). The number of ether oxygens (including phenoxy) is 1. The number of phenols is 1. The highest BCUT2D eigenvalue weighted by molar-refractivity contribution is 6.06. The van der Waals surface area contributed by atoms with Gasteiger partial charge in [-0.25, -0.2) is 8.78 Å². The van der Waals surface area contributed by atoms with Gasteiger partial charge in [0, 0.05) is 37.5 Å². The van der Waals surface area contributed by atoms with Gasteiger partial charge in [0.2, 0.25) is 0 Å². The van der Waals surface area contributed by atoms with Crippen LogP contribution in [0.3, 0.4) is 0 Å². The van der Waals surface area contributed by atoms with Gasteiger partial charge < -0.3 is 15.2 Å². The lowest BCUT2D eigenvalue weighted by atomic mass is 10.1. The van der Waals surface area contributed by atoms with Crippen molar-refractivity contribution in [2.45, 2.75) is 6.42 Å². The Morgan fingerprint density at radius 3 is 2.50 bits per heavy atom. The molecule has 1 amide bonds. The molecule has 1 saturated heterocycles. The number of morpholine rings is 1. The van der Waals surface area contributed by atoms with Crippen molar-refractivity contribution in [1.29, 1.82) is 0 Å². The standard InChI is InChI=1S/C19H20F2N2O3/c20-14-11-16(21)18(17(24)12-14)19(25)22-15-3-1-13(2-4-15)5-6-23-7-9-26-10-8-23/h1-4,11-12,24H,5-10H2,(H,22,25). The molecule has 2 aromatic rings. The lowest BCUT2D eigenvalue weighted by Gasteiger charge is -2.26. The highest BCUT2D eigenvalue weighted by atomic mass is 19.1. The molecule has 0 unspecified atom stereocenters. The molecule has 0 radical (unpaired) electrons. The van der Waals surface area contributed by atoms with E-state index in [-0.39, 0.29) is 0 Å². The van der Waals surface area contributed by atoms with E-state index in [2.05, 4.69) is 10.2 Å². The topological polar surface area (TPSA) is 61.8 Å². The molecule has 1 aliphatic rings. The van der Waals surface area contributed by atoms with Crippen LogP contribution in [0.2, 0.25) is 0 Å². The van der Waals surface area contributed by atoms with Crippen molar-refractivity contribution in [2.75, 3.05) is 38.2 Å². The second-order valence-electron chi connectivity index (χ2n) is 6.14. The van der Waals surface area contributed by atoms with Crippen LogP contribution in [-0.4, -0.2) is 48.8 Å². The summed E-state index contributed by atoms with van der Waals surface area (Å²) in [5, 5.41) is 12.1. The lowest BCUT2D eigenvalue weighted by molar-refractivity contribution is 0.0384. The molecule has 138 valence electrons. The fourth-order valence-electron chi connectivity index (χ4n) is 2.85. The lowest BCUT2D eigenvalue weighted by Crippen LogP contribution is -2.37. The van der Waals surface area contributed by atoms with Crippen LogP contribution >= 0.6 is 0 Å². The largest absolute Gasteiger partial charge is 0.507 e. The molecule has 7 heteroatoms. The molecule has 1 heterocycles. The van der Waals surface area contributed by atoms with Crippen LogP contribution < -0.4 is 5.32 Å². The van der Waals surface area contributed by atoms with Crippen LogP contribution in [-0.2, 0) is 11.2 Å². The van der Waals surface area contributed by atoms with Crippen LogP contribution in [0.1, 0.15) is 15.9 Å². The van der Waals surface area contributed by atoms with Crippen molar-refractivity contribution in [3.63, 3.8) is 0 Å². The van der Waals surface area contributed by atoms with Gasteiger partial charge in [-0.1, -0.05) is 12.1 Å². The van der Waals surface area contributed by atoms with Crippen LogP contribution in [0.25, 0.3) is 0 Å². The first-order valence-corrected chi connectivity index (χ1v) is 8.41. The Morgan fingerprint density at radius 2 is 1.85 bits per heavy atom. The van der Waals surface area contributed by atoms with E-state index in [9.17, 15) is 18.7 Å². The van der Waals surface area contributed by atoms with Crippen LogP contribution in [0, 0.1) is 11.6 Å². The number of carbonyl (C=O) groups excluding carboxylic acids is 1. The Labute approximate surface area is 150 Å². The molecule has 1 fully saturated rings. The van der Waals surface area contributed by atoms with E-state index in [1.54, 1.807) is 12.1 Å². The van der Waals surface area contributed by atoms with Crippen LogP contribution in [0.5, 0.6) is 5.75 Å². The van der Waals surface area contributed by atoms with Crippen molar-refractivity contribution in [3.8, 4) is 5.75 Å². The summed E-state index contributed by atoms with van der Waals surface area (Å²) in [4.78, 5) is 14.5. The van der Waals surface area contributed by atoms with Gasteiger partial charge in [-0.2, -0.15) is 0 Å². The first-order valence-electron chi connectivity index (χ1n) is 8.41. The molecule has 26 heavy (non-hydrogen) atoms. The van der Waals surface area contributed by atoms with Gasteiger partial charge in [-0.15, -0.1) is 0 Å². The third-order valence-electron chi connectivity index (χ3n) is 4.29. The quantitative estimate of drug-likeness (QED) is 0.859. The number of amides is 1. The number of carbonyl (C=O) groups is 1. The van der Waals surface area contributed by atoms with E-state index in [1.807, 2.05) is 12.1 Å². The number of benzene rings is 2. The van der Waals surface area contributed by atoms with Crippen LogP contribution in [0.15, 0.2) is 36.4 Å². The number of aromatic hydroxyl groups is 1. The van der Waals surface area contributed by atoms with Gasteiger partial charge in [0.1, 0.15) is 22.9 Å². The Hall–Kier alpha value is -2.51. The Balaban J connectivity index is 1.59. The molecule has 0 bridgehead atoms. The number of nitrogens with one attached hydrogen (secondary N) is 1. The maximum absolute atomic E-state index is 13.7. The summed E-state index contributed by atoms with van der Waals surface area (Å²) >= 11 is 0. The van der Waals surface area contributed by atoms with Crippen LogP contribution in [0.4, 0.5) is 14.5 Å². The minimum absolute atomic E-state index is 0.466. The van der Waals surface area contributed by atoms with Crippen molar-refractivity contribution < 1.29 is 23.4 Å². The van der Waals surface area contributed by atoms with Crippen molar-refractivity contribution >= 4 is 11.6 Å². The molecular formula is C19H20F2N2O3. The zero-order valence-electron chi connectivity index (χ0n) is 14.2. The van der Waals surface area contributed by atoms with E-state index < -0.39 is 28.9 Å². The van der Waals surface area contributed by atoms with Gasteiger partial charge in [0.05, 0.1) is 13.2 Å². The Bertz CT molecular complexity index is 752. The van der Waals surface area contributed by atoms with Gasteiger partial charge in [0.15, 0.2) is 0 Å². The molecule has 0 aliphatic carbocycles. The predicted molar refractivity (Wildman–Crippen MR) is 93.4 cm³/mol. The fourth-order valence-corrected chi connectivity index (χ4v) is 2.85. The zero-order valence-corrected chi connectivity index (χ0v) is 14.2. The number of anilines is 1. The summed E-state index contributed by atoms with van der Waals surface area (Å²) < 4.78 is 32.1. The van der Waals surface area contributed by atoms with Crippen molar-refractivity contribution in [2.24, 2.45) is 0 Å². The Kier molecular flexibility index (Phi) is 5.80. The van der Waals surface area contributed by atoms with E-state index >= 15 is 0 Å². The number of halogens is 2.